The van der Waals surface area contributed by atoms with Crippen molar-refractivity contribution in [2.75, 3.05) is 7.11 Å². The number of benzene rings is 2. The number of aliphatic hydroxyl groups is 1. The summed E-state index contributed by atoms with van der Waals surface area (Å²) in [5.74, 6) is 0.858. The van der Waals surface area contributed by atoms with Crippen LogP contribution in [-0.2, 0) is 6.42 Å². The van der Waals surface area contributed by atoms with E-state index < -0.39 is 6.10 Å². The molecule has 2 aromatic rings. The van der Waals surface area contributed by atoms with E-state index >= 15 is 0 Å². The van der Waals surface area contributed by atoms with Gasteiger partial charge in [0.1, 0.15) is 5.75 Å². The molecule has 0 aliphatic carbocycles. The number of aryl methyl sites for hydroxylation is 2. The van der Waals surface area contributed by atoms with Gasteiger partial charge in [0.15, 0.2) is 0 Å². The van der Waals surface area contributed by atoms with Gasteiger partial charge in [-0.05, 0) is 54.7 Å². The van der Waals surface area contributed by atoms with Gasteiger partial charge in [-0.3, -0.25) is 0 Å². The topological polar surface area (TPSA) is 29.5 Å². The molecule has 1 atom stereocenters. The van der Waals surface area contributed by atoms with Crippen LogP contribution in [0, 0.1) is 6.92 Å². The van der Waals surface area contributed by atoms with Crippen molar-refractivity contribution < 1.29 is 9.84 Å². The number of halogens is 1. The molecule has 1 N–H and O–H groups in total. The van der Waals surface area contributed by atoms with E-state index in [1.807, 2.05) is 49.4 Å². The van der Waals surface area contributed by atoms with Crippen LogP contribution in [0.3, 0.4) is 0 Å². The minimum atomic E-state index is -0.436. The lowest BCUT2D eigenvalue weighted by Gasteiger charge is -2.12. The molecule has 0 aromatic heterocycles. The molecule has 2 nitrogen and oxygen atoms in total. The van der Waals surface area contributed by atoms with E-state index in [1.165, 1.54) is 11.1 Å². The lowest BCUT2D eigenvalue weighted by Crippen LogP contribution is -2.00. The minimum Gasteiger partial charge on any atom is -0.497 e. The van der Waals surface area contributed by atoms with Gasteiger partial charge in [0.25, 0.3) is 0 Å². The van der Waals surface area contributed by atoms with Crippen molar-refractivity contribution in [1.29, 1.82) is 0 Å². The zero-order valence-corrected chi connectivity index (χ0v) is 13.4. The molecule has 2 rings (SSSR count). The highest BCUT2D eigenvalue weighted by Gasteiger charge is 2.09. The maximum absolute atomic E-state index is 10.3. The van der Waals surface area contributed by atoms with Crippen molar-refractivity contribution in [2.45, 2.75) is 25.9 Å². The van der Waals surface area contributed by atoms with Crippen LogP contribution in [0.4, 0.5) is 0 Å². The maximum atomic E-state index is 10.3. The first-order valence-corrected chi connectivity index (χ1v) is 7.46. The quantitative estimate of drug-likeness (QED) is 0.876. The molecule has 3 heteroatoms. The van der Waals surface area contributed by atoms with Gasteiger partial charge in [0, 0.05) is 4.47 Å². The summed E-state index contributed by atoms with van der Waals surface area (Å²) in [7, 11) is 1.66. The summed E-state index contributed by atoms with van der Waals surface area (Å²) in [6.45, 7) is 2.04. The summed E-state index contributed by atoms with van der Waals surface area (Å²) >= 11 is 3.50. The van der Waals surface area contributed by atoms with Crippen LogP contribution in [0.1, 0.15) is 29.2 Å². The van der Waals surface area contributed by atoms with Gasteiger partial charge in [-0.1, -0.05) is 40.2 Å². The Hall–Kier alpha value is -1.32. The Morgan fingerprint density at radius 1 is 1.15 bits per heavy atom. The minimum absolute atomic E-state index is 0.436. The van der Waals surface area contributed by atoms with Crippen molar-refractivity contribution in [2.24, 2.45) is 0 Å². The van der Waals surface area contributed by atoms with Gasteiger partial charge in [-0.15, -0.1) is 0 Å². The highest BCUT2D eigenvalue weighted by molar-refractivity contribution is 9.10. The number of hydrogen-bond acceptors (Lipinski definition) is 2. The first kappa shape index (κ1) is 15.1. The van der Waals surface area contributed by atoms with Crippen LogP contribution in [0.2, 0.25) is 0 Å². The molecular weight excluding hydrogens is 316 g/mol. The van der Waals surface area contributed by atoms with Gasteiger partial charge >= 0.3 is 0 Å². The summed E-state index contributed by atoms with van der Waals surface area (Å²) < 4.78 is 6.17. The SMILES string of the molecule is COc1ccc(CCC(O)c2ccc(C)c(Br)c2)cc1. The van der Waals surface area contributed by atoms with E-state index in [2.05, 4.69) is 15.9 Å². The molecule has 0 radical (unpaired) electrons. The third-order valence-electron chi connectivity index (χ3n) is 3.45. The third kappa shape index (κ3) is 3.84. The average molecular weight is 335 g/mol. The van der Waals surface area contributed by atoms with Crippen LogP contribution < -0.4 is 4.74 Å². The summed E-state index contributed by atoms with van der Waals surface area (Å²) in [6, 6.07) is 14.0. The first-order chi connectivity index (χ1) is 9.60. The van der Waals surface area contributed by atoms with E-state index in [-0.39, 0.29) is 0 Å². The number of hydrogen-bond donors (Lipinski definition) is 1. The number of rotatable bonds is 5. The predicted octanol–water partition coefficient (Wildman–Crippen LogP) is 4.43. The van der Waals surface area contributed by atoms with Crippen LogP contribution in [0.5, 0.6) is 5.75 Å². The molecule has 0 saturated carbocycles. The van der Waals surface area contributed by atoms with E-state index in [0.717, 1.165) is 22.2 Å². The van der Waals surface area contributed by atoms with Crippen LogP contribution in [0.15, 0.2) is 46.9 Å². The Bertz CT molecular complexity index is 564. The molecule has 0 aliphatic rings. The highest BCUT2D eigenvalue weighted by atomic mass is 79.9. The molecule has 0 bridgehead atoms. The van der Waals surface area contributed by atoms with Gasteiger partial charge in [-0.25, -0.2) is 0 Å². The second kappa shape index (κ2) is 6.91. The fraction of sp³-hybridized carbons (Fsp3) is 0.294. The lowest BCUT2D eigenvalue weighted by atomic mass is 10.0. The molecule has 2 aromatic carbocycles. The molecular formula is C17H19BrO2. The Labute approximate surface area is 128 Å². The van der Waals surface area contributed by atoms with Crippen molar-refractivity contribution in [3.63, 3.8) is 0 Å². The fourth-order valence-corrected chi connectivity index (χ4v) is 2.48. The van der Waals surface area contributed by atoms with Gasteiger partial charge < -0.3 is 9.84 Å². The van der Waals surface area contributed by atoms with Gasteiger partial charge in [0.05, 0.1) is 13.2 Å². The second-order valence-corrected chi connectivity index (χ2v) is 5.77. The van der Waals surface area contributed by atoms with Gasteiger partial charge in [0.2, 0.25) is 0 Å². The van der Waals surface area contributed by atoms with Crippen LogP contribution in [0.25, 0.3) is 0 Å². The van der Waals surface area contributed by atoms with Gasteiger partial charge in [-0.2, -0.15) is 0 Å². The lowest BCUT2D eigenvalue weighted by molar-refractivity contribution is 0.168. The zero-order valence-electron chi connectivity index (χ0n) is 11.8. The molecule has 0 amide bonds. The Balaban J connectivity index is 1.96. The maximum Gasteiger partial charge on any atom is 0.118 e. The predicted molar refractivity (Wildman–Crippen MR) is 85.2 cm³/mol. The Kier molecular flexibility index (Phi) is 5.21. The number of methoxy groups -OCH3 is 1. The Morgan fingerprint density at radius 3 is 2.45 bits per heavy atom. The van der Waals surface area contributed by atoms with Crippen molar-refractivity contribution in [3.8, 4) is 5.75 Å². The van der Waals surface area contributed by atoms with Crippen LogP contribution >= 0.6 is 15.9 Å². The summed E-state index contributed by atoms with van der Waals surface area (Å²) in [5.41, 5.74) is 3.34. The normalized spacial score (nSPS) is 12.2. The van der Waals surface area contributed by atoms with E-state index in [9.17, 15) is 5.11 Å². The number of aliphatic hydroxyl groups excluding tert-OH is 1. The van der Waals surface area contributed by atoms with E-state index in [0.29, 0.717) is 6.42 Å². The fourth-order valence-electron chi connectivity index (χ4n) is 2.08. The summed E-state index contributed by atoms with van der Waals surface area (Å²) in [4.78, 5) is 0. The summed E-state index contributed by atoms with van der Waals surface area (Å²) in [6.07, 6.45) is 1.12. The van der Waals surface area contributed by atoms with E-state index in [4.69, 9.17) is 4.74 Å². The van der Waals surface area contributed by atoms with E-state index in [1.54, 1.807) is 7.11 Å². The molecule has 0 aliphatic heterocycles. The second-order valence-electron chi connectivity index (χ2n) is 4.91. The van der Waals surface area contributed by atoms with Crippen molar-refractivity contribution in [1.82, 2.24) is 0 Å². The molecule has 0 saturated heterocycles. The van der Waals surface area contributed by atoms with Crippen LogP contribution in [-0.4, -0.2) is 12.2 Å². The monoisotopic (exact) mass is 334 g/mol. The highest BCUT2D eigenvalue weighted by Crippen LogP contribution is 2.25. The molecule has 0 spiro atoms. The average Bonchev–Trinajstić information content (AvgIpc) is 2.48. The molecule has 1 unspecified atom stereocenters. The van der Waals surface area contributed by atoms with Crippen molar-refractivity contribution in [3.05, 3.63) is 63.6 Å². The van der Waals surface area contributed by atoms with Crippen molar-refractivity contribution >= 4 is 15.9 Å². The smallest absolute Gasteiger partial charge is 0.118 e. The summed E-state index contributed by atoms with van der Waals surface area (Å²) in [5, 5.41) is 10.3. The molecule has 20 heavy (non-hydrogen) atoms. The molecule has 0 fully saturated rings. The standard InChI is InChI=1S/C17H19BrO2/c1-12-3-7-14(11-16(12)18)17(19)10-6-13-4-8-15(20-2)9-5-13/h3-5,7-9,11,17,19H,6,10H2,1-2H3. The Morgan fingerprint density at radius 2 is 1.85 bits per heavy atom. The number of ether oxygens (including phenoxy) is 1. The third-order valence-corrected chi connectivity index (χ3v) is 4.30. The largest absolute Gasteiger partial charge is 0.497 e. The molecule has 0 heterocycles. The first-order valence-electron chi connectivity index (χ1n) is 6.67. The molecule has 106 valence electrons. The zero-order chi connectivity index (χ0) is 14.5.